The number of carbonyl (C=O) groups excluding carboxylic acids is 2. The van der Waals surface area contributed by atoms with Crippen molar-refractivity contribution in [3.05, 3.63) is 0 Å². The van der Waals surface area contributed by atoms with Gasteiger partial charge in [-0.3, -0.25) is 9.59 Å². The van der Waals surface area contributed by atoms with E-state index >= 15 is 0 Å². The quantitative estimate of drug-likeness (QED) is 0.582. The van der Waals surface area contributed by atoms with Crippen molar-refractivity contribution in [1.82, 2.24) is 9.80 Å². The summed E-state index contributed by atoms with van der Waals surface area (Å²) in [6.07, 6.45) is 0.665. The Morgan fingerprint density at radius 1 is 0.792 bits per heavy atom. The molecule has 24 heavy (non-hydrogen) atoms. The first kappa shape index (κ1) is 19.2. The lowest BCUT2D eigenvalue weighted by Gasteiger charge is -2.31. The number of nitrogens with zero attached hydrogens (tertiary/aromatic N) is 2. The standard InChI is InChI=1S/C14H24N2O6S2/c1-3-15(11-5-7-23(19,20)9-11)13(17)14(18)16(4-2)12-6-8-24(21,22)10-12/h11-12H,3-10H2,1-2H3. The normalized spacial score (nSPS) is 27.8. The Balaban J connectivity index is 2.12. The van der Waals surface area contributed by atoms with Crippen LogP contribution >= 0.6 is 0 Å². The molecule has 2 amide bonds. The van der Waals surface area contributed by atoms with Gasteiger partial charge in [0.2, 0.25) is 0 Å². The summed E-state index contributed by atoms with van der Waals surface area (Å²) >= 11 is 0. The molecule has 0 aromatic rings. The molecule has 0 spiro atoms. The van der Waals surface area contributed by atoms with Crippen molar-refractivity contribution in [2.75, 3.05) is 36.1 Å². The Morgan fingerprint density at radius 3 is 1.33 bits per heavy atom. The smallest absolute Gasteiger partial charge is 0.312 e. The fourth-order valence-corrected chi connectivity index (χ4v) is 6.88. The van der Waals surface area contributed by atoms with Crippen molar-refractivity contribution in [3.63, 3.8) is 0 Å². The van der Waals surface area contributed by atoms with Crippen LogP contribution in [0.5, 0.6) is 0 Å². The van der Waals surface area contributed by atoms with E-state index in [4.69, 9.17) is 0 Å². The van der Waals surface area contributed by atoms with Gasteiger partial charge in [-0.15, -0.1) is 0 Å². The second-order valence-electron chi connectivity index (χ2n) is 6.30. The van der Waals surface area contributed by atoms with E-state index in [0.29, 0.717) is 12.8 Å². The summed E-state index contributed by atoms with van der Waals surface area (Å²) in [5.74, 6) is -1.69. The molecular weight excluding hydrogens is 356 g/mol. The average molecular weight is 380 g/mol. The summed E-state index contributed by atoms with van der Waals surface area (Å²) in [7, 11) is -6.33. The fourth-order valence-electron chi connectivity index (χ4n) is 3.42. The Labute approximate surface area is 143 Å². The van der Waals surface area contributed by atoms with Crippen molar-refractivity contribution in [1.29, 1.82) is 0 Å². The van der Waals surface area contributed by atoms with Gasteiger partial charge in [-0.05, 0) is 26.7 Å². The predicted molar refractivity (Wildman–Crippen MR) is 88.9 cm³/mol. The van der Waals surface area contributed by atoms with Gasteiger partial charge in [0.15, 0.2) is 19.7 Å². The molecule has 0 radical (unpaired) electrons. The highest BCUT2D eigenvalue weighted by molar-refractivity contribution is 7.91. The van der Waals surface area contributed by atoms with Gasteiger partial charge in [0.05, 0.1) is 23.0 Å². The lowest BCUT2D eigenvalue weighted by molar-refractivity contribution is -0.153. The number of hydrogen-bond acceptors (Lipinski definition) is 6. The highest BCUT2D eigenvalue weighted by Gasteiger charge is 2.40. The SMILES string of the molecule is CCN(C(=O)C(=O)N(CC)C1CCS(=O)(=O)C1)C1CCS(=O)(=O)C1. The maximum absolute atomic E-state index is 12.6. The Bertz CT molecular complexity index is 654. The summed E-state index contributed by atoms with van der Waals surface area (Å²) in [5.41, 5.74) is 0. The van der Waals surface area contributed by atoms with Crippen molar-refractivity contribution in [2.45, 2.75) is 38.8 Å². The van der Waals surface area contributed by atoms with E-state index in [9.17, 15) is 26.4 Å². The van der Waals surface area contributed by atoms with E-state index in [1.807, 2.05) is 0 Å². The molecule has 0 aromatic heterocycles. The molecule has 2 atom stereocenters. The van der Waals surface area contributed by atoms with Gasteiger partial charge >= 0.3 is 11.8 Å². The largest absolute Gasteiger partial charge is 0.331 e. The molecule has 138 valence electrons. The molecule has 8 nitrogen and oxygen atoms in total. The van der Waals surface area contributed by atoms with Crippen LogP contribution in [0.3, 0.4) is 0 Å². The monoisotopic (exact) mass is 380 g/mol. The first-order chi connectivity index (χ1) is 11.1. The third-order valence-electron chi connectivity index (χ3n) is 4.68. The maximum atomic E-state index is 12.6. The molecule has 2 aliphatic heterocycles. The fraction of sp³-hybridized carbons (Fsp3) is 0.857. The predicted octanol–water partition coefficient (Wildman–Crippen LogP) is -0.942. The molecule has 2 fully saturated rings. The zero-order valence-electron chi connectivity index (χ0n) is 14.0. The highest BCUT2D eigenvalue weighted by atomic mass is 32.2. The van der Waals surface area contributed by atoms with Crippen LogP contribution in [0, 0.1) is 0 Å². The van der Waals surface area contributed by atoms with Gasteiger partial charge in [-0.25, -0.2) is 16.8 Å². The lowest BCUT2D eigenvalue weighted by atomic mass is 10.2. The second kappa shape index (κ2) is 6.99. The van der Waals surface area contributed by atoms with Crippen LogP contribution < -0.4 is 0 Å². The second-order valence-corrected chi connectivity index (χ2v) is 10.8. The lowest BCUT2D eigenvalue weighted by Crippen LogP contribution is -2.52. The summed E-state index contributed by atoms with van der Waals surface area (Å²) in [6.45, 7) is 3.88. The minimum atomic E-state index is -3.16. The molecule has 0 saturated carbocycles. The molecule has 0 bridgehead atoms. The van der Waals surface area contributed by atoms with E-state index in [-0.39, 0.29) is 36.1 Å². The number of amides is 2. The summed E-state index contributed by atoms with van der Waals surface area (Å²) in [6, 6.07) is -0.968. The van der Waals surface area contributed by atoms with Crippen LogP contribution in [0.2, 0.25) is 0 Å². The van der Waals surface area contributed by atoms with Crippen LogP contribution in [0.25, 0.3) is 0 Å². The van der Waals surface area contributed by atoms with Crippen molar-refractivity contribution in [2.24, 2.45) is 0 Å². The summed E-state index contributed by atoms with van der Waals surface area (Å²) < 4.78 is 46.5. The van der Waals surface area contributed by atoms with Crippen molar-refractivity contribution >= 4 is 31.5 Å². The zero-order valence-corrected chi connectivity index (χ0v) is 15.6. The van der Waals surface area contributed by atoms with E-state index in [0.717, 1.165) is 0 Å². The molecule has 2 heterocycles. The maximum Gasteiger partial charge on any atom is 0.312 e. The highest BCUT2D eigenvalue weighted by Crippen LogP contribution is 2.21. The molecule has 2 unspecified atom stereocenters. The van der Waals surface area contributed by atoms with E-state index < -0.39 is 43.6 Å². The average Bonchev–Trinajstić information content (AvgIpc) is 3.02. The van der Waals surface area contributed by atoms with Gasteiger partial charge in [-0.2, -0.15) is 0 Å². The number of rotatable bonds is 4. The van der Waals surface area contributed by atoms with E-state index in [2.05, 4.69) is 0 Å². The van der Waals surface area contributed by atoms with Gasteiger partial charge in [0.1, 0.15) is 0 Å². The number of carbonyl (C=O) groups is 2. The third kappa shape index (κ3) is 4.08. The minimum absolute atomic E-state index is 0.0218. The first-order valence-electron chi connectivity index (χ1n) is 8.12. The Kier molecular flexibility index (Phi) is 5.58. The Hall–Kier alpha value is -1.16. The molecule has 10 heteroatoms. The minimum Gasteiger partial charge on any atom is -0.331 e. The number of sulfone groups is 2. The van der Waals surface area contributed by atoms with Gasteiger partial charge in [0.25, 0.3) is 0 Å². The molecular formula is C14H24N2O6S2. The molecule has 2 rings (SSSR count). The summed E-state index contributed by atoms with van der Waals surface area (Å²) in [4.78, 5) is 27.8. The molecule has 2 aliphatic rings. The third-order valence-corrected chi connectivity index (χ3v) is 8.19. The van der Waals surface area contributed by atoms with Crippen molar-refractivity contribution < 1.29 is 26.4 Å². The van der Waals surface area contributed by atoms with Crippen LogP contribution in [0.4, 0.5) is 0 Å². The summed E-state index contributed by atoms with van der Waals surface area (Å²) in [5, 5.41) is 0. The number of likely N-dealkylation sites (N-methyl/N-ethyl adjacent to an activating group) is 2. The van der Waals surface area contributed by atoms with Crippen LogP contribution in [-0.4, -0.2) is 86.6 Å². The molecule has 0 aliphatic carbocycles. The van der Waals surface area contributed by atoms with Crippen LogP contribution in [-0.2, 0) is 29.3 Å². The molecule has 0 N–H and O–H groups in total. The van der Waals surface area contributed by atoms with Crippen molar-refractivity contribution in [3.8, 4) is 0 Å². The van der Waals surface area contributed by atoms with Gasteiger partial charge in [-0.1, -0.05) is 0 Å². The Morgan fingerprint density at radius 2 is 1.12 bits per heavy atom. The van der Waals surface area contributed by atoms with Crippen LogP contribution in [0.1, 0.15) is 26.7 Å². The number of hydrogen-bond donors (Lipinski definition) is 0. The first-order valence-corrected chi connectivity index (χ1v) is 11.8. The molecule has 0 aromatic carbocycles. The topological polar surface area (TPSA) is 109 Å². The van der Waals surface area contributed by atoms with E-state index in [1.165, 1.54) is 9.80 Å². The van der Waals surface area contributed by atoms with E-state index in [1.54, 1.807) is 13.8 Å². The zero-order chi connectivity index (χ0) is 18.1. The molecule has 2 saturated heterocycles. The van der Waals surface area contributed by atoms with Crippen LogP contribution in [0.15, 0.2) is 0 Å². The van der Waals surface area contributed by atoms with Gasteiger partial charge in [0, 0.05) is 25.2 Å². The van der Waals surface area contributed by atoms with Gasteiger partial charge < -0.3 is 9.80 Å².